The summed E-state index contributed by atoms with van der Waals surface area (Å²) in [6.07, 6.45) is 6.25. The van der Waals surface area contributed by atoms with Gasteiger partial charge in [0.1, 0.15) is 0 Å². The molecule has 1 radical (unpaired) electrons. The molecule has 0 saturated heterocycles. The second-order valence-electron chi connectivity index (χ2n) is 2.81. The summed E-state index contributed by atoms with van der Waals surface area (Å²) in [5.41, 5.74) is 1.05. The van der Waals surface area contributed by atoms with Gasteiger partial charge in [0.15, 0.2) is 0 Å². The average molecular weight is 215 g/mol. The van der Waals surface area contributed by atoms with Crippen LogP contribution in [0.25, 0.3) is 0 Å². The zero-order valence-electron chi connectivity index (χ0n) is 8.65. The summed E-state index contributed by atoms with van der Waals surface area (Å²) in [5, 5.41) is 0. The van der Waals surface area contributed by atoms with E-state index in [1.807, 2.05) is 26.3 Å². The first-order valence-corrected chi connectivity index (χ1v) is 4.15. The zero-order valence-corrected chi connectivity index (χ0v) is 10.0. The zero-order chi connectivity index (χ0) is 9.40. The summed E-state index contributed by atoms with van der Waals surface area (Å²) in [4.78, 5) is 7.63. The molecule has 71 valence electrons. The summed E-state index contributed by atoms with van der Waals surface area (Å²) >= 11 is 0. The van der Waals surface area contributed by atoms with E-state index < -0.39 is 0 Å². The van der Waals surface area contributed by atoms with E-state index in [9.17, 15) is 0 Å². The molecular weight excluding hydrogens is 199 g/mol. The van der Waals surface area contributed by atoms with Crippen molar-refractivity contribution in [1.82, 2.24) is 9.97 Å². The van der Waals surface area contributed by atoms with E-state index in [4.69, 9.17) is 0 Å². The van der Waals surface area contributed by atoms with Crippen molar-refractivity contribution in [1.29, 1.82) is 0 Å². The molecule has 1 aromatic rings. The van der Waals surface area contributed by atoms with Crippen LogP contribution < -0.4 is 0 Å². The van der Waals surface area contributed by atoms with Crippen molar-refractivity contribution in [3.63, 3.8) is 0 Å². The topological polar surface area (TPSA) is 25.8 Å². The number of hydrogen-bond acceptors (Lipinski definition) is 2. The standard InChI is InChI=1S/C7H9N2.C3H7.V/c1-6(2)7-3-4-8-5-9-7;1-3-2;/h3-4,6H,1-2H3;3H,1-2H3;/q2*-1;+2. The van der Waals surface area contributed by atoms with Gasteiger partial charge >= 0.3 is 18.6 Å². The van der Waals surface area contributed by atoms with E-state index in [0.717, 1.165) is 5.69 Å². The average Bonchev–Trinajstić information content (AvgIpc) is 2.07. The van der Waals surface area contributed by atoms with Gasteiger partial charge in [0.05, 0.1) is 0 Å². The molecule has 2 nitrogen and oxygen atoms in total. The Morgan fingerprint density at radius 1 is 1.38 bits per heavy atom. The van der Waals surface area contributed by atoms with Gasteiger partial charge < -0.3 is 16.4 Å². The SMILES string of the molecule is CC(C)c1ccn[c-]n1.C[CH-]C.[V+2]. The Balaban J connectivity index is 0. The molecule has 0 spiro atoms. The first kappa shape index (κ1) is 15.2. The van der Waals surface area contributed by atoms with Crippen LogP contribution in [0.3, 0.4) is 0 Å². The van der Waals surface area contributed by atoms with Crippen molar-refractivity contribution in [3.05, 3.63) is 30.7 Å². The fourth-order valence-electron chi connectivity index (χ4n) is 0.592. The van der Waals surface area contributed by atoms with Crippen molar-refractivity contribution in [2.24, 2.45) is 0 Å². The Labute approximate surface area is 93.1 Å². The van der Waals surface area contributed by atoms with Crippen LogP contribution in [0.4, 0.5) is 0 Å². The van der Waals surface area contributed by atoms with Crippen LogP contribution in [0.2, 0.25) is 0 Å². The molecule has 3 heteroatoms. The Morgan fingerprint density at radius 2 is 1.92 bits per heavy atom. The number of nitrogens with zero attached hydrogens (tertiary/aromatic N) is 2. The van der Waals surface area contributed by atoms with Crippen molar-refractivity contribution < 1.29 is 18.6 Å². The summed E-state index contributed by atoms with van der Waals surface area (Å²) in [5.74, 6) is 0.476. The summed E-state index contributed by atoms with van der Waals surface area (Å²) in [6.45, 7) is 8.19. The third-order valence-electron chi connectivity index (χ3n) is 1.15. The fourth-order valence-corrected chi connectivity index (χ4v) is 0.592. The van der Waals surface area contributed by atoms with E-state index in [0.29, 0.717) is 5.92 Å². The monoisotopic (exact) mass is 215 g/mol. The van der Waals surface area contributed by atoms with E-state index in [2.05, 4.69) is 30.1 Å². The number of rotatable bonds is 1. The van der Waals surface area contributed by atoms with Crippen LogP contribution in [0.1, 0.15) is 39.3 Å². The number of aromatic nitrogens is 2. The van der Waals surface area contributed by atoms with Crippen molar-refractivity contribution in [3.8, 4) is 0 Å². The Bertz CT molecular complexity index is 187. The van der Waals surface area contributed by atoms with Crippen molar-refractivity contribution in [2.45, 2.75) is 33.6 Å². The molecule has 0 aliphatic carbocycles. The summed E-state index contributed by atoms with van der Waals surface area (Å²) in [7, 11) is 0. The molecule has 0 amide bonds. The molecule has 1 rings (SSSR count). The summed E-state index contributed by atoms with van der Waals surface area (Å²) < 4.78 is 0. The first-order valence-electron chi connectivity index (χ1n) is 4.15. The molecule has 0 saturated carbocycles. The minimum absolute atomic E-state index is 0. The second-order valence-corrected chi connectivity index (χ2v) is 2.81. The van der Waals surface area contributed by atoms with Crippen LogP contribution in [-0.4, -0.2) is 9.97 Å². The van der Waals surface area contributed by atoms with Crippen LogP contribution in [0.5, 0.6) is 0 Å². The normalized spacial score (nSPS) is 8.38. The Kier molecular flexibility index (Phi) is 11.4. The van der Waals surface area contributed by atoms with Crippen molar-refractivity contribution >= 4 is 0 Å². The molecule has 0 N–H and O–H groups in total. The third-order valence-corrected chi connectivity index (χ3v) is 1.15. The van der Waals surface area contributed by atoms with Gasteiger partial charge in [-0.1, -0.05) is 31.7 Å². The first-order chi connectivity index (χ1) is 5.72. The maximum Gasteiger partial charge on any atom is 2.00 e. The van der Waals surface area contributed by atoms with Crippen molar-refractivity contribution in [2.75, 3.05) is 0 Å². The molecular formula is C10H16N2V. The van der Waals surface area contributed by atoms with E-state index in [-0.39, 0.29) is 18.6 Å². The van der Waals surface area contributed by atoms with Gasteiger partial charge in [-0.25, -0.2) is 0 Å². The maximum absolute atomic E-state index is 3.94. The van der Waals surface area contributed by atoms with E-state index in [1.54, 1.807) is 6.20 Å². The van der Waals surface area contributed by atoms with Crippen LogP contribution in [0.15, 0.2) is 12.3 Å². The smallest absolute Gasteiger partial charge is 0.374 e. The minimum Gasteiger partial charge on any atom is -0.374 e. The maximum atomic E-state index is 3.94. The quantitative estimate of drug-likeness (QED) is 0.673. The molecule has 0 bridgehead atoms. The molecule has 1 aromatic heterocycles. The molecule has 13 heavy (non-hydrogen) atoms. The van der Waals surface area contributed by atoms with Gasteiger partial charge in [0.2, 0.25) is 0 Å². The van der Waals surface area contributed by atoms with Gasteiger partial charge in [-0.2, -0.15) is 13.8 Å². The molecule has 1 heterocycles. The molecule has 0 aromatic carbocycles. The van der Waals surface area contributed by atoms with Gasteiger partial charge in [-0.3, -0.25) is 0 Å². The van der Waals surface area contributed by atoms with Gasteiger partial charge in [-0.05, 0) is 0 Å². The Hall–Kier alpha value is -0.336. The van der Waals surface area contributed by atoms with Gasteiger partial charge in [0, 0.05) is 6.33 Å². The minimum atomic E-state index is 0. The largest absolute Gasteiger partial charge is 2.00 e. The molecule has 0 aliphatic rings. The van der Waals surface area contributed by atoms with Crippen LogP contribution in [-0.2, 0) is 18.6 Å². The van der Waals surface area contributed by atoms with Crippen LogP contribution >= 0.6 is 0 Å². The van der Waals surface area contributed by atoms with Gasteiger partial charge in [0.25, 0.3) is 0 Å². The fraction of sp³-hybridized carbons (Fsp3) is 0.500. The molecule has 0 atom stereocenters. The van der Waals surface area contributed by atoms with Gasteiger partial charge in [-0.15, -0.1) is 6.07 Å². The van der Waals surface area contributed by atoms with Crippen LogP contribution in [0, 0.1) is 12.7 Å². The van der Waals surface area contributed by atoms with E-state index in [1.165, 1.54) is 0 Å². The molecule has 0 fully saturated rings. The van der Waals surface area contributed by atoms with E-state index >= 15 is 0 Å². The second kappa shape index (κ2) is 9.75. The molecule has 0 aliphatic heterocycles. The number of hydrogen-bond donors (Lipinski definition) is 0. The Morgan fingerprint density at radius 3 is 2.15 bits per heavy atom. The summed E-state index contributed by atoms with van der Waals surface area (Å²) in [6, 6.07) is 1.90. The third kappa shape index (κ3) is 8.01. The molecule has 0 unspecified atom stereocenters. The predicted octanol–water partition coefficient (Wildman–Crippen LogP) is 2.63. The predicted molar refractivity (Wildman–Crippen MR) is 50.6 cm³/mol.